The monoisotopic (exact) mass is 426 g/mol. The number of para-hydroxylation sites is 2. The number of imidazole rings is 1. The van der Waals surface area contributed by atoms with Crippen LogP contribution in [0.3, 0.4) is 0 Å². The van der Waals surface area contributed by atoms with Crippen LogP contribution in [0.15, 0.2) is 78.9 Å². The van der Waals surface area contributed by atoms with Gasteiger partial charge in [-0.3, -0.25) is 9.59 Å². The van der Waals surface area contributed by atoms with Gasteiger partial charge in [0.2, 0.25) is 5.91 Å². The van der Waals surface area contributed by atoms with E-state index in [1.54, 1.807) is 0 Å². The predicted octanol–water partition coefficient (Wildman–Crippen LogP) is 5.07. The molecular weight excluding hydrogens is 400 g/mol. The molecule has 1 heterocycles. The third-order valence-corrected chi connectivity index (χ3v) is 5.11. The second kappa shape index (κ2) is 9.47. The Balaban J connectivity index is 1.50. The number of carbonyl (C=O) groups is 2. The third kappa shape index (κ3) is 5.03. The first kappa shape index (κ1) is 21.3. The summed E-state index contributed by atoms with van der Waals surface area (Å²) in [6.45, 7) is 3.95. The molecule has 0 spiro atoms. The number of H-pyrrole nitrogens is 1. The first-order chi connectivity index (χ1) is 15.5. The molecule has 0 aliphatic carbocycles. The fourth-order valence-electron chi connectivity index (χ4n) is 3.55. The summed E-state index contributed by atoms with van der Waals surface area (Å²) >= 11 is 0. The molecule has 0 aliphatic rings. The van der Waals surface area contributed by atoms with Gasteiger partial charge >= 0.3 is 0 Å². The summed E-state index contributed by atoms with van der Waals surface area (Å²) in [6.07, 6.45) is 0.364. The number of anilines is 1. The van der Waals surface area contributed by atoms with Crippen molar-refractivity contribution in [2.24, 2.45) is 5.92 Å². The lowest BCUT2D eigenvalue weighted by atomic mass is 10.0. The molecule has 1 atom stereocenters. The second-order valence-electron chi connectivity index (χ2n) is 8.18. The molecule has 2 amide bonds. The van der Waals surface area contributed by atoms with Crippen LogP contribution in [0.2, 0.25) is 0 Å². The molecule has 0 fully saturated rings. The Morgan fingerprint density at radius 3 is 2.28 bits per heavy atom. The van der Waals surface area contributed by atoms with Crippen LogP contribution < -0.4 is 10.6 Å². The molecule has 6 nitrogen and oxygen atoms in total. The average Bonchev–Trinajstić information content (AvgIpc) is 3.22. The maximum absolute atomic E-state index is 13.1. The van der Waals surface area contributed by atoms with E-state index in [2.05, 4.69) is 20.6 Å². The highest BCUT2D eigenvalue weighted by atomic mass is 16.2. The molecule has 4 rings (SSSR count). The Bertz CT molecular complexity index is 1180. The van der Waals surface area contributed by atoms with Crippen molar-refractivity contribution < 1.29 is 9.59 Å². The Labute approximate surface area is 187 Å². The first-order valence-electron chi connectivity index (χ1n) is 10.7. The number of hydrogen-bond acceptors (Lipinski definition) is 3. The van der Waals surface area contributed by atoms with Crippen LogP contribution in [0, 0.1) is 5.92 Å². The summed E-state index contributed by atoms with van der Waals surface area (Å²) in [6, 6.07) is 23.8. The van der Waals surface area contributed by atoms with Gasteiger partial charge in [0.25, 0.3) is 5.91 Å². The van der Waals surface area contributed by atoms with E-state index in [1.807, 2.05) is 92.7 Å². The van der Waals surface area contributed by atoms with E-state index in [0.29, 0.717) is 12.1 Å². The first-order valence-corrected chi connectivity index (χ1v) is 10.7. The van der Waals surface area contributed by atoms with Crippen molar-refractivity contribution in [1.29, 1.82) is 0 Å². The van der Waals surface area contributed by atoms with E-state index in [4.69, 9.17) is 0 Å². The normalized spacial score (nSPS) is 12.0. The molecule has 1 unspecified atom stereocenters. The molecule has 0 bridgehead atoms. The molecule has 6 heteroatoms. The van der Waals surface area contributed by atoms with E-state index in [9.17, 15) is 9.59 Å². The Morgan fingerprint density at radius 1 is 0.906 bits per heavy atom. The van der Waals surface area contributed by atoms with Gasteiger partial charge in [0.1, 0.15) is 11.9 Å². The summed E-state index contributed by atoms with van der Waals surface area (Å²) in [5.74, 6) is 0.543. The zero-order valence-corrected chi connectivity index (χ0v) is 18.1. The van der Waals surface area contributed by atoms with Crippen molar-refractivity contribution in [3.63, 3.8) is 0 Å². The van der Waals surface area contributed by atoms with Crippen LogP contribution in [-0.4, -0.2) is 21.8 Å². The number of hydrogen-bond donors (Lipinski definition) is 3. The zero-order valence-electron chi connectivity index (χ0n) is 18.1. The number of rotatable bonds is 7. The Kier molecular flexibility index (Phi) is 6.31. The summed E-state index contributed by atoms with van der Waals surface area (Å²) < 4.78 is 0. The van der Waals surface area contributed by atoms with Crippen molar-refractivity contribution in [2.75, 3.05) is 5.32 Å². The van der Waals surface area contributed by atoms with Crippen molar-refractivity contribution in [3.05, 3.63) is 84.4 Å². The molecular formula is C26H26N4O2. The molecule has 0 saturated carbocycles. The minimum absolute atomic E-state index is 0.149. The van der Waals surface area contributed by atoms with Crippen molar-refractivity contribution in [2.45, 2.75) is 26.3 Å². The van der Waals surface area contributed by atoms with Gasteiger partial charge in [0, 0.05) is 17.7 Å². The van der Waals surface area contributed by atoms with E-state index < -0.39 is 6.04 Å². The molecule has 0 aliphatic heterocycles. The van der Waals surface area contributed by atoms with Gasteiger partial charge in [-0.25, -0.2) is 4.98 Å². The van der Waals surface area contributed by atoms with Gasteiger partial charge < -0.3 is 15.6 Å². The van der Waals surface area contributed by atoms with Gasteiger partial charge in [-0.15, -0.1) is 0 Å². The van der Waals surface area contributed by atoms with Gasteiger partial charge in [-0.2, -0.15) is 0 Å². The molecule has 162 valence electrons. The molecule has 3 aromatic carbocycles. The highest BCUT2D eigenvalue weighted by molar-refractivity contribution is 5.98. The lowest BCUT2D eigenvalue weighted by Gasteiger charge is -2.19. The Hall–Kier alpha value is -3.93. The number of carbonyl (C=O) groups excluding carboxylic acids is 2. The van der Waals surface area contributed by atoms with Crippen LogP contribution >= 0.6 is 0 Å². The van der Waals surface area contributed by atoms with E-state index in [-0.39, 0.29) is 17.7 Å². The number of nitrogens with one attached hydrogen (secondary N) is 3. The van der Waals surface area contributed by atoms with Crippen LogP contribution in [0.1, 0.15) is 31.9 Å². The fourth-order valence-corrected chi connectivity index (χ4v) is 3.55. The number of aromatic nitrogens is 2. The standard InChI is InChI=1S/C26H26N4O2/c1-17(2)16-23(31)30-24(18-8-4-3-5-9-18)26(32)27-20-14-12-19(13-15-20)25-28-21-10-6-7-11-22(21)29-25/h3-15,17,24H,16H2,1-2H3,(H,27,32)(H,28,29)(H,30,31). The van der Waals surface area contributed by atoms with E-state index in [1.165, 1.54) is 0 Å². The summed E-state index contributed by atoms with van der Waals surface area (Å²) in [5.41, 5.74) is 4.18. The molecule has 32 heavy (non-hydrogen) atoms. The number of aromatic amines is 1. The summed E-state index contributed by atoms with van der Waals surface area (Å²) in [5, 5.41) is 5.79. The topological polar surface area (TPSA) is 86.9 Å². The lowest BCUT2D eigenvalue weighted by Crippen LogP contribution is -2.37. The quantitative estimate of drug-likeness (QED) is 0.385. The van der Waals surface area contributed by atoms with E-state index in [0.717, 1.165) is 28.0 Å². The van der Waals surface area contributed by atoms with E-state index >= 15 is 0 Å². The second-order valence-corrected chi connectivity index (χ2v) is 8.18. The van der Waals surface area contributed by atoms with Crippen LogP contribution in [0.25, 0.3) is 22.4 Å². The SMILES string of the molecule is CC(C)CC(=O)NC(C(=O)Nc1ccc(-c2nc3ccccc3[nH]2)cc1)c1ccccc1. The summed E-state index contributed by atoms with van der Waals surface area (Å²) in [4.78, 5) is 33.3. The number of nitrogens with zero attached hydrogens (tertiary/aromatic N) is 1. The molecule has 3 N–H and O–H groups in total. The largest absolute Gasteiger partial charge is 0.341 e. The van der Waals surface area contributed by atoms with Crippen molar-refractivity contribution in [1.82, 2.24) is 15.3 Å². The fraction of sp³-hybridized carbons (Fsp3) is 0.192. The minimum Gasteiger partial charge on any atom is -0.341 e. The van der Waals surface area contributed by atoms with Crippen LogP contribution in [0.5, 0.6) is 0 Å². The van der Waals surface area contributed by atoms with Crippen molar-refractivity contribution >= 4 is 28.5 Å². The van der Waals surface area contributed by atoms with Gasteiger partial charge in [0.05, 0.1) is 11.0 Å². The highest BCUT2D eigenvalue weighted by Gasteiger charge is 2.23. The number of fused-ring (bicyclic) bond motifs is 1. The maximum atomic E-state index is 13.1. The molecule has 1 aromatic heterocycles. The van der Waals surface area contributed by atoms with Gasteiger partial charge in [-0.05, 0) is 47.9 Å². The molecule has 0 saturated heterocycles. The van der Waals surface area contributed by atoms with Gasteiger partial charge in [-0.1, -0.05) is 56.3 Å². The highest BCUT2D eigenvalue weighted by Crippen LogP contribution is 2.23. The minimum atomic E-state index is -0.766. The summed E-state index contributed by atoms with van der Waals surface area (Å²) in [7, 11) is 0. The Morgan fingerprint density at radius 2 is 1.59 bits per heavy atom. The smallest absolute Gasteiger partial charge is 0.251 e. The van der Waals surface area contributed by atoms with Crippen LogP contribution in [-0.2, 0) is 9.59 Å². The lowest BCUT2D eigenvalue weighted by molar-refractivity contribution is -0.127. The molecule has 0 radical (unpaired) electrons. The average molecular weight is 427 g/mol. The van der Waals surface area contributed by atoms with Crippen molar-refractivity contribution in [3.8, 4) is 11.4 Å². The maximum Gasteiger partial charge on any atom is 0.251 e. The van der Waals surface area contributed by atoms with Crippen LogP contribution in [0.4, 0.5) is 5.69 Å². The number of benzene rings is 3. The zero-order chi connectivity index (χ0) is 22.5. The predicted molar refractivity (Wildman–Crippen MR) is 127 cm³/mol. The number of amides is 2. The molecule has 4 aromatic rings. The van der Waals surface area contributed by atoms with Gasteiger partial charge in [0.15, 0.2) is 0 Å². The third-order valence-electron chi connectivity index (χ3n) is 5.11.